The Morgan fingerprint density at radius 2 is 1.96 bits per heavy atom. The van der Waals surface area contributed by atoms with Crippen LogP contribution in [0.3, 0.4) is 0 Å². The van der Waals surface area contributed by atoms with E-state index in [9.17, 15) is 10.1 Å². The molecule has 0 radical (unpaired) electrons. The molecule has 1 aliphatic heterocycles. The minimum absolute atomic E-state index is 0.00862. The summed E-state index contributed by atoms with van der Waals surface area (Å²) in [5.41, 5.74) is 2.09. The van der Waals surface area contributed by atoms with Gasteiger partial charge < -0.3 is 0 Å². The number of aromatic nitrogens is 3. The molecule has 0 saturated heterocycles. The molecule has 2 heterocycles. The van der Waals surface area contributed by atoms with Gasteiger partial charge in [0.1, 0.15) is 5.82 Å². The molecule has 0 amide bonds. The van der Waals surface area contributed by atoms with E-state index in [-0.39, 0.29) is 22.7 Å². The molecule has 1 aromatic carbocycles. The minimum Gasteiger partial charge on any atom is -0.271 e. The first-order chi connectivity index (χ1) is 11.1. The molecule has 0 unspecified atom stereocenters. The van der Waals surface area contributed by atoms with Crippen LogP contribution in [0.15, 0.2) is 29.1 Å². The van der Waals surface area contributed by atoms with Crippen LogP contribution in [0, 0.1) is 23.7 Å². The highest BCUT2D eigenvalue weighted by Gasteiger charge is 2.71. The van der Waals surface area contributed by atoms with Crippen LogP contribution in [0.4, 0.5) is 0 Å². The molecule has 1 atom stereocenters. The lowest BCUT2D eigenvalue weighted by atomic mass is 9.40. The van der Waals surface area contributed by atoms with Crippen LogP contribution in [-0.4, -0.2) is 14.3 Å². The fraction of sp³-hybridized carbons (Fsp3) is 0.500. The van der Waals surface area contributed by atoms with Crippen molar-refractivity contribution in [1.82, 2.24) is 14.3 Å². The lowest BCUT2D eigenvalue weighted by Crippen LogP contribution is -2.69. The van der Waals surface area contributed by atoms with Crippen LogP contribution in [0.25, 0.3) is 0 Å². The molecule has 3 aliphatic carbocycles. The molecule has 5 heteroatoms. The molecule has 1 aromatic heterocycles. The van der Waals surface area contributed by atoms with Crippen molar-refractivity contribution in [2.75, 3.05) is 0 Å². The number of nitrogens with zero attached hydrogens (tertiary/aromatic N) is 4. The Hall–Kier alpha value is -2.35. The summed E-state index contributed by atoms with van der Waals surface area (Å²) in [4.78, 5) is 12.9. The zero-order valence-corrected chi connectivity index (χ0v) is 13.1. The van der Waals surface area contributed by atoms with E-state index < -0.39 is 0 Å². The maximum atomic E-state index is 12.9. The fourth-order valence-electron chi connectivity index (χ4n) is 4.79. The number of fused-ring (bicyclic) bond motifs is 1. The Balaban J connectivity index is 1.54. The second-order valence-corrected chi connectivity index (χ2v) is 7.59. The molecule has 3 fully saturated rings. The highest BCUT2D eigenvalue weighted by atomic mass is 16.2. The standard InChI is InChI=1S/C18H18N4O/c1-12-2-4-13(5-3-12)14-6-7-15-20-22(16(23)21(14)15)18-8-17(9-18,10-18)11-19/h2-5,14H,6-10H2,1H3/t14-,17?,18?/m1/s1. The number of rotatable bonds is 2. The number of hydrogen-bond acceptors (Lipinski definition) is 3. The van der Waals surface area contributed by atoms with Gasteiger partial charge in [-0.1, -0.05) is 29.8 Å². The molecule has 2 bridgehead atoms. The molecule has 0 N–H and O–H groups in total. The van der Waals surface area contributed by atoms with Gasteiger partial charge >= 0.3 is 5.69 Å². The van der Waals surface area contributed by atoms with Crippen LogP contribution in [0.1, 0.15) is 48.7 Å². The van der Waals surface area contributed by atoms with Gasteiger partial charge in [0.05, 0.1) is 23.1 Å². The van der Waals surface area contributed by atoms with Crippen LogP contribution in [0.2, 0.25) is 0 Å². The van der Waals surface area contributed by atoms with Crippen LogP contribution in [0.5, 0.6) is 0 Å². The molecule has 5 nitrogen and oxygen atoms in total. The lowest BCUT2D eigenvalue weighted by molar-refractivity contribution is -0.155. The number of hydrogen-bond donors (Lipinski definition) is 0. The third kappa shape index (κ3) is 1.51. The highest BCUT2D eigenvalue weighted by Crippen LogP contribution is 2.70. The predicted octanol–water partition coefficient (Wildman–Crippen LogP) is 2.29. The Morgan fingerprint density at radius 3 is 2.61 bits per heavy atom. The summed E-state index contributed by atoms with van der Waals surface area (Å²) in [6.07, 6.45) is 4.17. The lowest BCUT2D eigenvalue weighted by Gasteiger charge is -2.65. The molecule has 4 aliphatic rings. The summed E-state index contributed by atoms with van der Waals surface area (Å²) >= 11 is 0. The predicted molar refractivity (Wildman–Crippen MR) is 84.0 cm³/mol. The van der Waals surface area contributed by atoms with Gasteiger partial charge in [-0.15, -0.1) is 0 Å². The van der Waals surface area contributed by atoms with Crippen molar-refractivity contribution in [1.29, 1.82) is 5.26 Å². The van der Waals surface area contributed by atoms with Gasteiger partial charge in [0.2, 0.25) is 0 Å². The van der Waals surface area contributed by atoms with Crippen molar-refractivity contribution in [2.24, 2.45) is 5.41 Å². The van der Waals surface area contributed by atoms with E-state index >= 15 is 0 Å². The number of nitriles is 1. The van der Waals surface area contributed by atoms with Gasteiger partial charge in [0, 0.05) is 6.42 Å². The van der Waals surface area contributed by atoms with Gasteiger partial charge in [-0.05, 0) is 38.2 Å². The van der Waals surface area contributed by atoms with Gasteiger partial charge in [-0.3, -0.25) is 4.57 Å². The third-order valence-corrected chi connectivity index (χ3v) is 5.98. The Bertz CT molecular complexity index is 892. The van der Waals surface area contributed by atoms with E-state index in [1.165, 1.54) is 11.1 Å². The first kappa shape index (κ1) is 13.1. The number of aryl methyl sites for hydroxylation is 2. The Kier molecular flexibility index (Phi) is 2.25. The molecule has 23 heavy (non-hydrogen) atoms. The molecule has 3 saturated carbocycles. The third-order valence-electron chi connectivity index (χ3n) is 5.98. The van der Waals surface area contributed by atoms with Crippen LogP contribution < -0.4 is 5.69 Å². The smallest absolute Gasteiger partial charge is 0.271 e. The SMILES string of the molecule is Cc1ccc([C@H]2CCc3nn(C45CC(C#N)(C4)C5)c(=O)n32)cc1. The summed E-state index contributed by atoms with van der Waals surface area (Å²) in [7, 11) is 0. The maximum absolute atomic E-state index is 12.9. The first-order valence-corrected chi connectivity index (χ1v) is 8.25. The molecular formula is C18H18N4O. The van der Waals surface area contributed by atoms with E-state index in [4.69, 9.17) is 0 Å². The largest absolute Gasteiger partial charge is 0.347 e. The van der Waals surface area contributed by atoms with E-state index in [0.717, 1.165) is 37.9 Å². The average molecular weight is 306 g/mol. The summed E-state index contributed by atoms with van der Waals surface area (Å²) in [6, 6.07) is 10.9. The Morgan fingerprint density at radius 1 is 1.26 bits per heavy atom. The van der Waals surface area contributed by atoms with E-state index in [2.05, 4.69) is 42.4 Å². The second-order valence-electron chi connectivity index (χ2n) is 7.59. The van der Waals surface area contributed by atoms with Crippen LogP contribution >= 0.6 is 0 Å². The van der Waals surface area contributed by atoms with Crippen molar-refractivity contribution < 1.29 is 0 Å². The minimum atomic E-state index is -0.165. The zero-order chi connectivity index (χ0) is 15.8. The summed E-state index contributed by atoms with van der Waals surface area (Å²) < 4.78 is 3.58. The van der Waals surface area contributed by atoms with Gasteiger partial charge in [-0.2, -0.15) is 10.4 Å². The molecule has 2 aromatic rings. The van der Waals surface area contributed by atoms with Crippen LogP contribution in [-0.2, 0) is 12.0 Å². The average Bonchev–Trinajstić information content (AvgIpc) is 3.00. The fourth-order valence-corrected chi connectivity index (χ4v) is 4.79. The highest BCUT2D eigenvalue weighted by molar-refractivity contribution is 5.30. The maximum Gasteiger partial charge on any atom is 0.347 e. The summed E-state index contributed by atoms with van der Waals surface area (Å²) in [5.74, 6) is 0.899. The van der Waals surface area contributed by atoms with E-state index in [1.54, 1.807) is 4.68 Å². The Labute approximate surface area is 134 Å². The molecular weight excluding hydrogens is 288 g/mol. The molecule has 0 spiro atoms. The van der Waals surface area contributed by atoms with Crippen molar-refractivity contribution in [3.05, 3.63) is 51.7 Å². The van der Waals surface area contributed by atoms with Crippen molar-refractivity contribution in [3.63, 3.8) is 0 Å². The first-order valence-electron chi connectivity index (χ1n) is 8.25. The monoisotopic (exact) mass is 306 g/mol. The zero-order valence-electron chi connectivity index (χ0n) is 13.1. The quantitative estimate of drug-likeness (QED) is 0.855. The normalized spacial score (nSPS) is 33.5. The molecule has 6 rings (SSSR count). The van der Waals surface area contributed by atoms with E-state index in [1.807, 2.05) is 4.57 Å². The number of benzene rings is 1. The van der Waals surface area contributed by atoms with Gasteiger partial charge in [0.25, 0.3) is 0 Å². The van der Waals surface area contributed by atoms with Gasteiger partial charge in [-0.25, -0.2) is 9.48 Å². The van der Waals surface area contributed by atoms with Crippen molar-refractivity contribution in [3.8, 4) is 6.07 Å². The van der Waals surface area contributed by atoms with Crippen molar-refractivity contribution >= 4 is 0 Å². The summed E-state index contributed by atoms with van der Waals surface area (Å²) in [5, 5.41) is 13.8. The second kappa shape index (κ2) is 3.94. The van der Waals surface area contributed by atoms with E-state index in [0.29, 0.717) is 0 Å². The van der Waals surface area contributed by atoms with Crippen molar-refractivity contribution in [2.45, 2.75) is 50.6 Å². The summed E-state index contributed by atoms with van der Waals surface area (Å²) in [6.45, 7) is 2.07. The van der Waals surface area contributed by atoms with Gasteiger partial charge in [0.15, 0.2) is 0 Å². The molecule has 116 valence electrons. The topological polar surface area (TPSA) is 63.6 Å².